The summed E-state index contributed by atoms with van der Waals surface area (Å²) < 4.78 is 0. The normalized spacial score (nSPS) is 21.0. The second-order valence-electron chi connectivity index (χ2n) is 5.58. The van der Waals surface area contributed by atoms with Crippen LogP contribution in [0.2, 0.25) is 0 Å². The van der Waals surface area contributed by atoms with Crippen LogP contribution in [0.25, 0.3) is 0 Å². The monoisotopic (exact) mass is 287 g/mol. The van der Waals surface area contributed by atoms with Crippen molar-refractivity contribution >= 4 is 11.5 Å². The number of anilines is 1. The van der Waals surface area contributed by atoms with Gasteiger partial charge in [-0.25, -0.2) is 4.98 Å². The Hall–Kier alpha value is -2.20. The lowest BCUT2D eigenvalue weighted by Gasteiger charge is -2.26. The van der Waals surface area contributed by atoms with E-state index < -0.39 is 4.92 Å². The van der Waals surface area contributed by atoms with E-state index >= 15 is 0 Å². The smallest absolute Gasteiger partial charge is 0.329 e. The summed E-state index contributed by atoms with van der Waals surface area (Å²) in [5.41, 5.74) is -0.0834. The van der Waals surface area contributed by atoms with Crippen LogP contribution in [0.1, 0.15) is 31.2 Å². The molecule has 0 amide bonds. The molecule has 0 spiro atoms. The van der Waals surface area contributed by atoms with E-state index in [0.717, 1.165) is 32.2 Å². The highest BCUT2D eigenvalue weighted by Crippen LogP contribution is 2.37. The molecule has 1 aromatic rings. The first kappa shape index (κ1) is 13.8. The molecular formula is C14H17N5O2. The Morgan fingerprint density at radius 1 is 1.52 bits per heavy atom. The van der Waals surface area contributed by atoms with Gasteiger partial charge in [0.15, 0.2) is 0 Å². The SMILES string of the molecule is N#Cc1ccnc(N(CC2CCCN2)C2CC2)c1[N+](=O)[O-]. The average molecular weight is 287 g/mol. The minimum atomic E-state index is -0.488. The summed E-state index contributed by atoms with van der Waals surface area (Å²) in [4.78, 5) is 17.1. The first-order valence-corrected chi connectivity index (χ1v) is 7.24. The van der Waals surface area contributed by atoms with Crippen molar-refractivity contribution < 1.29 is 4.92 Å². The van der Waals surface area contributed by atoms with Gasteiger partial charge in [0.2, 0.25) is 5.82 Å². The highest BCUT2D eigenvalue weighted by molar-refractivity contribution is 5.66. The van der Waals surface area contributed by atoms with Crippen molar-refractivity contribution in [1.29, 1.82) is 5.26 Å². The number of hydrogen-bond acceptors (Lipinski definition) is 6. The molecule has 1 unspecified atom stereocenters. The van der Waals surface area contributed by atoms with Crippen LogP contribution in [0, 0.1) is 21.4 Å². The van der Waals surface area contributed by atoms with E-state index in [2.05, 4.69) is 10.3 Å². The summed E-state index contributed by atoms with van der Waals surface area (Å²) in [5.74, 6) is 0.343. The quantitative estimate of drug-likeness (QED) is 0.652. The molecule has 1 N–H and O–H groups in total. The van der Waals surface area contributed by atoms with E-state index in [1.165, 1.54) is 12.3 Å². The van der Waals surface area contributed by atoms with Crippen molar-refractivity contribution in [3.63, 3.8) is 0 Å². The van der Waals surface area contributed by atoms with E-state index in [1.54, 1.807) is 0 Å². The van der Waals surface area contributed by atoms with Crippen molar-refractivity contribution in [2.24, 2.45) is 0 Å². The zero-order valence-corrected chi connectivity index (χ0v) is 11.7. The number of aromatic nitrogens is 1. The lowest BCUT2D eigenvalue weighted by atomic mass is 10.2. The van der Waals surface area contributed by atoms with E-state index in [-0.39, 0.29) is 11.3 Å². The zero-order valence-electron chi connectivity index (χ0n) is 11.7. The second-order valence-corrected chi connectivity index (χ2v) is 5.58. The summed E-state index contributed by atoms with van der Waals surface area (Å²) in [7, 11) is 0. The minimum Gasteiger partial charge on any atom is -0.346 e. The van der Waals surface area contributed by atoms with Crippen LogP contribution in [0.15, 0.2) is 12.3 Å². The van der Waals surface area contributed by atoms with Gasteiger partial charge in [-0.1, -0.05) is 0 Å². The molecule has 1 aliphatic heterocycles. The Bertz CT molecular complexity index is 588. The number of rotatable bonds is 5. The van der Waals surface area contributed by atoms with Crippen molar-refractivity contribution in [3.8, 4) is 6.07 Å². The maximum absolute atomic E-state index is 11.4. The predicted molar refractivity (Wildman–Crippen MR) is 77.0 cm³/mol. The fourth-order valence-corrected chi connectivity index (χ4v) is 2.87. The van der Waals surface area contributed by atoms with Gasteiger partial charge in [-0.15, -0.1) is 0 Å². The molecule has 0 bridgehead atoms. The van der Waals surface area contributed by atoms with Gasteiger partial charge in [0, 0.05) is 24.8 Å². The molecule has 2 fully saturated rings. The number of nitrogens with one attached hydrogen (secondary N) is 1. The fraction of sp³-hybridized carbons (Fsp3) is 0.571. The third-order valence-electron chi connectivity index (χ3n) is 4.05. The Morgan fingerprint density at radius 3 is 2.90 bits per heavy atom. The number of nitriles is 1. The van der Waals surface area contributed by atoms with Crippen molar-refractivity contribution in [1.82, 2.24) is 10.3 Å². The maximum atomic E-state index is 11.4. The Balaban J connectivity index is 1.95. The lowest BCUT2D eigenvalue weighted by molar-refractivity contribution is -0.384. The van der Waals surface area contributed by atoms with Gasteiger partial charge in [0.1, 0.15) is 11.6 Å². The fourth-order valence-electron chi connectivity index (χ4n) is 2.87. The molecule has 1 saturated heterocycles. The van der Waals surface area contributed by atoms with Crippen LogP contribution in [-0.4, -0.2) is 35.1 Å². The average Bonchev–Trinajstić information content (AvgIpc) is 3.20. The second kappa shape index (κ2) is 5.66. The Kier molecular flexibility index (Phi) is 3.71. The van der Waals surface area contributed by atoms with Crippen LogP contribution in [-0.2, 0) is 0 Å². The van der Waals surface area contributed by atoms with E-state index in [0.29, 0.717) is 24.4 Å². The molecule has 2 aliphatic rings. The van der Waals surface area contributed by atoms with Gasteiger partial charge in [0.05, 0.1) is 4.92 Å². The number of nitro groups is 1. The van der Waals surface area contributed by atoms with Crippen molar-refractivity contribution in [2.45, 2.75) is 37.8 Å². The summed E-state index contributed by atoms with van der Waals surface area (Å²) in [6.07, 6.45) is 5.76. The van der Waals surface area contributed by atoms with Crippen molar-refractivity contribution in [2.75, 3.05) is 18.0 Å². The molecule has 7 heteroatoms. The van der Waals surface area contributed by atoms with Gasteiger partial charge in [-0.3, -0.25) is 10.1 Å². The molecule has 1 aliphatic carbocycles. The standard InChI is InChI=1S/C14H17N5O2/c15-8-10-5-7-17-14(13(10)19(20)21)18(12-3-4-12)9-11-2-1-6-16-11/h5,7,11-12,16H,1-4,6,9H2. The molecule has 110 valence electrons. The van der Waals surface area contributed by atoms with Gasteiger partial charge in [-0.2, -0.15) is 5.26 Å². The molecule has 1 atom stereocenters. The van der Waals surface area contributed by atoms with Gasteiger partial charge >= 0.3 is 5.69 Å². The van der Waals surface area contributed by atoms with Gasteiger partial charge < -0.3 is 10.2 Å². The van der Waals surface area contributed by atoms with Crippen LogP contribution >= 0.6 is 0 Å². The molecular weight excluding hydrogens is 270 g/mol. The molecule has 3 rings (SSSR count). The van der Waals surface area contributed by atoms with Crippen molar-refractivity contribution in [3.05, 3.63) is 27.9 Å². The maximum Gasteiger partial charge on any atom is 0.329 e. The molecule has 0 aromatic carbocycles. The van der Waals surface area contributed by atoms with E-state index in [9.17, 15) is 10.1 Å². The van der Waals surface area contributed by atoms with Crippen LogP contribution in [0.4, 0.5) is 11.5 Å². The molecule has 21 heavy (non-hydrogen) atoms. The number of nitrogens with zero attached hydrogens (tertiary/aromatic N) is 4. The lowest BCUT2D eigenvalue weighted by Crippen LogP contribution is -2.39. The summed E-state index contributed by atoms with van der Waals surface area (Å²) in [6, 6.07) is 3.96. The molecule has 1 saturated carbocycles. The highest BCUT2D eigenvalue weighted by Gasteiger charge is 2.36. The highest BCUT2D eigenvalue weighted by atomic mass is 16.6. The summed E-state index contributed by atoms with van der Waals surface area (Å²) >= 11 is 0. The van der Waals surface area contributed by atoms with E-state index in [1.807, 2.05) is 11.0 Å². The molecule has 7 nitrogen and oxygen atoms in total. The third-order valence-corrected chi connectivity index (χ3v) is 4.05. The molecule has 2 heterocycles. The summed E-state index contributed by atoms with van der Waals surface area (Å²) in [6.45, 7) is 1.71. The predicted octanol–water partition coefficient (Wildman–Crippen LogP) is 1.58. The molecule has 1 aromatic heterocycles. The van der Waals surface area contributed by atoms with Crippen LogP contribution in [0.5, 0.6) is 0 Å². The third kappa shape index (κ3) is 2.81. The Labute approximate surface area is 122 Å². The van der Waals surface area contributed by atoms with E-state index in [4.69, 9.17) is 5.26 Å². The largest absolute Gasteiger partial charge is 0.346 e. The van der Waals surface area contributed by atoms with Gasteiger partial charge in [-0.05, 0) is 38.3 Å². The number of hydrogen-bond donors (Lipinski definition) is 1. The zero-order chi connectivity index (χ0) is 14.8. The van der Waals surface area contributed by atoms with Crippen LogP contribution in [0.3, 0.4) is 0 Å². The number of pyridine rings is 1. The first-order chi connectivity index (χ1) is 10.2. The topological polar surface area (TPSA) is 95.1 Å². The Morgan fingerprint density at radius 2 is 2.33 bits per heavy atom. The first-order valence-electron chi connectivity index (χ1n) is 7.24. The van der Waals surface area contributed by atoms with Gasteiger partial charge in [0.25, 0.3) is 0 Å². The summed E-state index contributed by atoms with van der Waals surface area (Å²) in [5, 5.41) is 23.9. The van der Waals surface area contributed by atoms with Crippen LogP contribution < -0.4 is 10.2 Å². The minimum absolute atomic E-state index is 0.0787. The molecule has 0 radical (unpaired) electrons.